The molecule has 1 fully saturated rings. The Labute approximate surface area is 125 Å². The monoisotopic (exact) mass is 289 g/mol. The normalized spacial score (nSPS) is 17.0. The molecule has 2 rings (SSSR count). The fourth-order valence-electron chi connectivity index (χ4n) is 2.74. The second-order valence-electron chi connectivity index (χ2n) is 6.12. The molecule has 0 unspecified atom stereocenters. The van der Waals surface area contributed by atoms with Crippen molar-refractivity contribution >= 4 is 11.9 Å². The zero-order valence-electron chi connectivity index (χ0n) is 13.2. The molecule has 1 amide bonds. The van der Waals surface area contributed by atoms with Crippen LogP contribution in [0.15, 0.2) is 18.2 Å². The summed E-state index contributed by atoms with van der Waals surface area (Å²) in [5.41, 5.74) is 2.36. The summed E-state index contributed by atoms with van der Waals surface area (Å²) in [6, 6.07) is 6.02. The zero-order chi connectivity index (χ0) is 15.6. The quantitative estimate of drug-likeness (QED) is 0.846. The van der Waals surface area contributed by atoms with Crippen molar-refractivity contribution in [3.05, 3.63) is 34.9 Å². The van der Waals surface area contributed by atoms with E-state index in [9.17, 15) is 9.59 Å². The van der Waals surface area contributed by atoms with Gasteiger partial charge in [0.2, 0.25) is 5.91 Å². The molecule has 21 heavy (non-hydrogen) atoms. The average molecular weight is 289 g/mol. The van der Waals surface area contributed by atoms with Crippen molar-refractivity contribution in [1.82, 2.24) is 5.32 Å². The van der Waals surface area contributed by atoms with Crippen LogP contribution in [0.3, 0.4) is 0 Å². The number of nitrogens with one attached hydrogen (secondary N) is 1. The maximum Gasteiger partial charge on any atom is 0.331 e. The highest BCUT2D eigenvalue weighted by atomic mass is 16.5. The second-order valence-corrected chi connectivity index (χ2v) is 6.12. The number of carbonyl (C=O) groups is 2. The lowest BCUT2D eigenvalue weighted by Gasteiger charge is -2.28. The van der Waals surface area contributed by atoms with E-state index in [1.807, 2.05) is 26.0 Å². The molecule has 0 aliphatic heterocycles. The predicted octanol–water partition coefficient (Wildman–Crippen LogP) is 2.30. The van der Waals surface area contributed by atoms with Crippen LogP contribution in [0.4, 0.5) is 0 Å². The smallest absolute Gasteiger partial charge is 0.331 e. The molecule has 0 bridgehead atoms. The van der Waals surface area contributed by atoms with Crippen LogP contribution in [0.5, 0.6) is 0 Å². The van der Waals surface area contributed by atoms with Gasteiger partial charge in [0.25, 0.3) is 0 Å². The van der Waals surface area contributed by atoms with Gasteiger partial charge in [-0.2, -0.15) is 0 Å². The molecule has 4 nitrogen and oxygen atoms in total. The minimum Gasteiger partial charge on any atom is -0.467 e. The van der Waals surface area contributed by atoms with E-state index in [4.69, 9.17) is 4.74 Å². The van der Waals surface area contributed by atoms with Crippen molar-refractivity contribution < 1.29 is 14.3 Å². The van der Waals surface area contributed by atoms with Crippen LogP contribution in [0, 0.1) is 19.8 Å². The van der Waals surface area contributed by atoms with Crippen molar-refractivity contribution in [3.8, 4) is 0 Å². The highest BCUT2D eigenvalue weighted by Gasteiger charge is 2.49. The zero-order valence-corrected chi connectivity index (χ0v) is 13.2. The molecule has 0 heterocycles. The summed E-state index contributed by atoms with van der Waals surface area (Å²) in [6.07, 6.45) is 2.19. The van der Waals surface area contributed by atoms with Gasteiger partial charge in [-0.25, -0.2) is 4.79 Å². The number of amides is 1. The molecule has 1 N–H and O–H groups in total. The summed E-state index contributed by atoms with van der Waals surface area (Å²) in [5, 5.41) is 2.88. The van der Waals surface area contributed by atoms with Gasteiger partial charge in [0.1, 0.15) is 5.54 Å². The van der Waals surface area contributed by atoms with Gasteiger partial charge >= 0.3 is 5.97 Å². The number of rotatable bonds is 5. The van der Waals surface area contributed by atoms with Crippen molar-refractivity contribution in [2.24, 2.45) is 5.92 Å². The molecule has 1 saturated carbocycles. The van der Waals surface area contributed by atoms with Gasteiger partial charge in [0, 0.05) is 0 Å². The molecule has 1 atom stereocenters. The fraction of sp³-hybridized carbons (Fsp3) is 0.529. The Bertz CT molecular complexity index is 563. The van der Waals surface area contributed by atoms with Gasteiger partial charge in [0.15, 0.2) is 0 Å². The fourth-order valence-corrected chi connectivity index (χ4v) is 2.74. The first-order valence-corrected chi connectivity index (χ1v) is 7.32. The summed E-state index contributed by atoms with van der Waals surface area (Å²) in [4.78, 5) is 24.3. The first-order valence-electron chi connectivity index (χ1n) is 7.32. The maximum absolute atomic E-state index is 12.3. The predicted molar refractivity (Wildman–Crippen MR) is 80.9 cm³/mol. The van der Waals surface area contributed by atoms with Crippen LogP contribution in [0.1, 0.15) is 36.5 Å². The van der Waals surface area contributed by atoms with E-state index in [1.165, 1.54) is 12.7 Å². The second kappa shape index (κ2) is 5.88. The number of carbonyl (C=O) groups excluding carboxylic acids is 2. The first-order chi connectivity index (χ1) is 9.86. The van der Waals surface area contributed by atoms with E-state index in [0.29, 0.717) is 0 Å². The molecule has 0 aromatic heterocycles. The van der Waals surface area contributed by atoms with Gasteiger partial charge < -0.3 is 10.1 Å². The number of methoxy groups -OCH3 is 1. The van der Waals surface area contributed by atoms with Crippen molar-refractivity contribution in [3.63, 3.8) is 0 Å². The lowest BCUT2D eigenvalue weighted by atomic mass is 9.95. The third-order valence-electron chi connectivity index (χ3n) is 4.25. The van der Waals surface area contributed by atoms with Gasteiger partial charge in [0.05, 0.1) is 13.5 Å². The number of esters is 1. The van der Waals surface area contributed by atoms with E-state index >= 15 is 0 Å². The van der Waals surface area contributed by atoms with Crippen LogP contribution < -0.4 is 5.32 Å². The third kappa shape index (κ3) is 3.43. The van der Waals surface area contributed by atoms with Crippen molar-refractivity contribution in [2.75, 3.05) is 7.11 Å². The highest BCUT2D eigenvalue weighted by molar-refractivity contribution is 5.89. The van der Waals surface area contributed by atoms with Crippen LogP contribution in [-0.2, 0) is 20.7 Å². The average Bonchev–Trinajstić information content (AvgIpc) is 3.25. The number of benzene rings is 1. The van der Waals surface area contributed by atoms with Gasteiger partial charge in [-0.1, -0.05) is 23.8 Å². The Hall–Kier alpha value is -1.84. The molecule has 0 spiro atoms. The Balaban J connectivity index is 2.08. The first kappa shape index (κ1) is 15.5. The minimum atomic E-state index is -0.898. The molecule has 0 saturated heterocycles. The van der Waals surface area contributed by atoms with Crippen LogP contribution in [0.25, 0.3) is 0 Å². The molecule has 4 heteroatoms. The van der Waals surface area contributed by atoms with Gasteiger partial charge in [-0.05, 0) is 50.7 Å². The van der Waals surface area contributed by atoms with E-state index in [1.54, 1.807) is 6.92 Å². The molecule has 1 aliphatic carbocycles. The summed E-state index contributed by atoms with van der Waals surface area (Å²) >= 11 is 0. The van der Waals surface area contributed by atoms with E-state index in [2.05, 4.69) is 11.4 Å². The van der Waals surface area contributed by atoms with Crippen molar-refractivity contribution in [1.29, 1.82) is 0 Å². The Morgan fingerprint density at radius 2 is 2.00 bits per heavy atom. The molecule has 0 radical (unpaired) electrons. The number of aryl methyl sites for hydroxylation is 2. The maximum atomic E-state index is 12.3. The standard InChI is InChI=1S/C17H23NO3/c1-11-5-6-13(12(2)9-11)10-15(19)18-17(3,14-7-8-14)16(20)21-4/h5-6,9,14H,7-8,10H2,1-4H3,(H,18,19)/t17-/m1/s1. The Morgan fingerprint density at radius 3 is 2.52 bits per heavy atom. The van der Waals surface area contributed by atoms with Crippen LogP contribution in [0.2, 0.25) is 0 Å². The molecule has 1 aromatic carbocycles. The van der Waals surface area contributed by atoms with E-state index in [0.717, 1.165) is 24.0 Å². The van der Waals surface area contributed by atoms with Gasteiger partial charge in [-0.15, -0.1) is 0 Å². The topological polar surface area (TPSA) is 55.4 Å². The Kier molecular flexibility index (Phi) is 4.35. The van der Waals surface area contributed by atoms with Crippen molar-refractivity contribution in [2.45, 2.75) is 45.6 Å². The molecule has 1 aromatic rings. The Morgan fingerprint density at radius 1 is 1.33 bits per heavy atom. The SMILES string of the molecule is COC(=O)[C@](C)(NC(=O)Cc1ccc(C)cc1C)C1CC1. The molecular formula is C17H23NO3. The van der Waals surface area contributed by atoms with Crippen LogP contribution in [-0.4, -0.2) is 24.5 Å². The molecular weight excluding hydrogens is 266 g/mol. The van der Waals surface area contributed by atoms with Gasteiger partial charge in [-0.3, -0.25) is 4.79 Å². The summed E-state index contributed by atoms with van der Waals surface area (Å²) in [7, 11) is 1.36. The lowest BCUT2D eigenvalue weighted by molar-refractivity contribution is -0.151. The number of ether oxygens (including phenoxy) is 1. The van der Waals surface area contributed by atoms with Crippen LogP contribution >= 0.6 is 0 Å². The number of hydrogen-bond donors (Lipinski definition) is 1. The summed E-state index contributed by atoms with van der Waals surface area (Å²) in [5.74, 6) is -0.311. The summed E-state index contributed by atoms with van der Waals surface area (Å²) < 4.78 is 4.85. The lowest BCUT2D eigenvalue weighted by Crippen LogP contribution is -2.55. The molecule has 1 aliphatic rings. The van der Waals surface area contributed by atoms with E-state index < -0.39 is 5.54 Å². The minimum absolute atomic E-state index is 0.137. The highest BCUT2D eigenvalue weighted by Crippen LogP contribution is 2.40. The summed E-state index contributed by atoms with van der Waals surface area (Å²) in [6.45, 7) is 5.78. The van der Waals surface area contributed by atoms with E-state index in [-0.39, 0.29) is 24.2 Å². The largest absolute Gasteiger partial charge is 0.467 e. The third-order valence-corrected chi connectivity index (χ3v) is 4.25. The number of hydrogen-bond acceptors (Lipinski definition) is 3. The molecule has 114 valence electrons.